The Morgan fingerprint density at radius 3 is 2.54 bits per heavy atom. The fraction of sp³-hybridized carbons (Fsp3) is 0.579. The summed E-state index contributed by atoms with van der Waals surface area (Å²) in [6.07, 6.45) is 0.360. The monoisotopic (exact) mass is 381 g/mol. The molecule has 1 saturated heterocycles. The number of hydrogen-bond donors (Lipinski definition) is 1. The predicted octanol–water partition coefficient (Wildman–Crippen LogP) is 1.92. The lowest BCUT2D eigenvalue weighted by molar-refractivity contribution is -0.140. The van der Waals surface area contributed by atoms with Crippen LogP contribution in [0.25, 0.3) is 0 Å². The van der Waals surface area contributed by atoms with Crippen molar-refractivity contribution in [3.8, 4) is 0 Å². The van der Waals surface area contributed by atoms with Gasteiger partial charge in [0.1, 0.15) is 6.04 Å². The third kappa shape index (κ3) is 6.27. The quantitative estimate of drug-likeness (QED) is 0.747. The summed E-state index contributed by atoms with van der Waals surface area (Å²) in [6, 6.07) is 6.81. The van der Waals surface area contributed by atoms with Crippen LogP contribution in [0.15, 0.2) is 24.3 Å². The van der Waals surface area contributed by atoms with E-state index in [1.807, 2.05) is 12.1 Å². The van der Waals surface area contributed by atoms with Crippen molar-refractivity contribution in [3.63, 3.8) is 0 Å². The van der Waals surface area contributed by atoms with E-state index < -0.39 is 6.04 Å². The van der Waals surface area contributed by atoms with E-state index in [2.05, 4.69) is 10.2 Å². The van der Waals surface area contributed by atoms with Crippen LogP contribution >= 0.6 is 11.6 Å². The van der Waals surface area contributed by atoms with E-state index in [1.54, 1.807) is 30.9 Å². The highest BCUT2D eigenvalue weighted by atomic mass is 35.5. The van der Waals surface area contributed by atoms with Crippen LogP contribution in [0, 0.1) is 0 Å². The minimum Gasteiger partial charge on any atom is -0.379 e. The van der Waals surface area contributed by atoms with Gasteiger partial charge in [-0.2, -0.15) is 0 Å². The van der Waals surface area contributed by atoms with Gasteiger partial charge < -0.3 is 15.0 Å². The molecule has 0 bridgehead atoms. The van der Waals surface area contributed by atoms with Gasteiger partial charge in [-0.3, -0.25) is 14.5 Å². The first-order chi connectivity index (χ1) is 12.5. The number of halogens is 1. The molecule has 1 heterocycles. The van der Waals surface area contributed by atoms with Crippen LogP contribution in [0.1, 0.15) is 25.8 Å². The Balaban J connectivity index is 1.89. The van der Waals surface area contributed by atoms with Crippen LogP contribution in [0.2, 0.25) is 5.02 Å². The lowest BCUT2D eigenvalue weighted by Crippen LogP contribution is -2.49. The molecule has 7 heteroatoms. The SMILES string of the molecule is CCC(=O)N(Cc1ccc(Cl)cc1)[C@H](C)C(=O)NCCN1CCOCC1. The van der Waals surface area contributed by atoms with E-state index in [0.29, 0.717) is 24.5 Å². The molecule has 0 aromatic heterocycles. The van der Waals surface area contributed by atoms with Crippen molar-refractivity contribution in [2.75, 3.05) is 39.4 Å². The fourth-order valence-corrected chi connectivity index (χ4v) is 3.01. The molecular weight excluding hydrogens is 354 g/mol. The van der Waals surface area contributed by atoms with E-state index in [9.17, 15) is 9.59 Å². The number of rotatable bonds is 8. The van der Waals surface area contributed by atoms with E-state index in [-0.39, 0.29) is 11.8 Å². The summed E-state index contributed by atoms with van der Waals surface area (Å²) >= 11 is 5.92. The Bertz CT molecular complexity index is 588. The molecule has 144 valence electrons. The molecule has 26 heavy (non-hydrogen) atoms. The second-order valence-electron chi connectivity index (χ2n) is 6.42. The largest absolute Gasteiger partial charge is 0.379 e. The Morgan fingerprint density at radius 2 is 1.92 bits per heavy atom. The van der Waals surface area contributed by atoms with Gasteiger partial charge in [-0.1, -0.05) is 30.7 Å². The number of carbonyl (C=O) groups excluding carboxylic acids is 2. The van der Waals surface area contributed by atoms with Gasteiger partial charge >= 0.3 is 0 Å². The smallest absolute Gasteiger partial charge is 0.242 e. The molecule has 2 amide bonds. The van der Waals surface area contributed by atoms with Gasteiger partial charge in [-0.15, -0.1) is 0 Å². The first-order valence-electron chi connectivity index (χ1n) is 9.13. The molecule has 1 aromatic rings. The minimum atomic E-state index is -0.525. The molecule has 1 aliphatic heterocycles. The lowest BCUT2D eigenvalue weighted by atomic mass is 10.1. The standard InChI is InChI=1S/C19H28ClN3O3/c1-3-18(24)23(14-16-4-6-17(20)7-5-16)15(2)19(25)21-8-9-22-10-12-26-13-11-22/h4-7,15H,3,8-14H2,1-2H3,(H,21,25)/t15-/m1/s1. The van der Waals surface area contributed by atoms with E-state index in [1.165, 1.54) is 0 Å². The summed E-state index contributed by atoms with van der Waals surface area (Å²) in [5.74, 6) is -0.176. The average Bonchev–Trinajstić information content (AvgIpc) is 2.67. The average molecular weight is 382 g/mol. The highest BCUT2D eigenvalue weighted by molar-refractivity contribution is 6.30. The van der Waals surface area contributed by atoms with Crippen LogP contribution in [0.4, 0.5) is 0 Å². The van der Waals surface area contributed by atoms with Crippen molar-refractivity contribution in [2.45, 2.75) is 32.9 Å². The molecule has 2 rings (SSSR count). The molecule has 1 aromatic carbocycles. The highest BCUT2D eigenvalue weighted by Crippen LogP contribution is 2.14. The van der Waals surface area contributed by atoms with E-state index in [0.717, 1.165) is 38.4 Å². The summed E-state index contributed by atoms with van der Waals surface area (Å²) in [6.45, 7) is 8.59. The number of hydrogen-bond acceptors (Lipinski definition) is 4. The summed E-state index contributed by atoms with van der Waals surface area (Å²) in [7, 11) is 0. The second kappa shape index (κ2) is 10.5. The zero-order valence-corrected chi connectivity index (χ0v) is 16.3. The zero-order chi connectivity index (χ0) is 18.9. The molecule has 0 spiro atoms. The maximum Gasteiger partial charge on any atom is 0.242 e. The number of morpholine rings is 1. The first-order valence-corrected chi connectivity index (χ1v) is 9.50. The van der Waals surface area contributed by atoms with Gasteiger partial charge in [0.2, 0.25) is 11.8 Å². The van der Waals surface area contributed by atoms with Crippen molar-refractivity contribution in [1.29, 1.82) is 0 Å². The lowest BCUT2D eigenvalue weighted by Gasteiger charge is -2.29. The molecular formula is C19H28ClN3O3. The molecule has 0 saturated carbocycles. The molecule has 0 aliphatic carbocycles. The number of nitrogens with one attached hydrogen (secondary N) is 1. The van der Waals surface area contributed by atoms with Crippen molar-refractivity contribution < 1.29 is 14.3 Å². The van der Waals surface area contributed by atoms with Gasteiger partial charge in [0, 0.05) is 44.2 Å². The predicted molar refractivity (Wildman–Crippen MR) is 102 cm³/mol. The molecule has 6 nitrogen and oxygen atoms in total. The number of amides is 2. The van der Waals surface area contributed by atoms with Crippen LogP contribution in [-0.4, -0.2) is 67.0 Å². The summed E-state index contributed by atoms with van der Waals surface area (Å²) in [5, 5.41) is 3.60. The van der Waals surface area contributed by atoms with Crippen LogP contribution in [0.5, 0.6) is 0 Å². The zero-order valence-electron chi connectivity index (χ0n) is 15.5. The van der Waals surface area contributed by atoms with Gasteiger partial charge in [0.05, 0.1) is 13.2 Å². The van der Waals surface area contributed by atoms with Gasteiger partial charge in [-0.05, 0) is 24.6 Å². The van der Waals surface area contributed by atoms with E-state index >= 15 is 0 Å². The van der Waals surface area contributed by atoms with Crippen LogP contribution in [0.3, 0.4) is 0 Å². The Labute approximate surface area is 160 Å². The maximum atomic E-state index is 12.5. The Hall–Kier alpha value is -1.63. The molecule has 1 atom stereocenters. The third-order valence-corrected chi connectivity index (χ3v) is 4.82. The minimum absolute atomic E-state index is 0.0456. The number of nitrogens with zero attached hydrogens (tertiary/aromatic N) is 2. The summed E-state index contributed by atoms with van der Waals surface area (Å²) in [5.41, 5.74) is 0.948. The normalized spacial score (nSPS) is 16.1. The summed E-state index contributed by atoms with van der Waals surface area (Å²) in [4.78, 5) is 28.7. The molecule has 0 radical (unpaired) electrons. The second-order valence-corrected chi connectivity index (χ2v) is 6.86. The maximum absolute atomic E-state index is 12.5. The van der Waals surface area contributed by atoms with Crippen molar-refractivity contribution in [1.82, 2.24) is 15.1 Å². The fourth-order valence-electron chi connectivity index (χ4n) is 2.88. The summed E-state index contributed by atoms with van der Waals surface area (Å²) < 4.78 is 5.32. The number of benzene rings is 1. The Kier molecular flexibility index (Phi) is 8.35. The van der Waals surface area contributed by atoms with Crippen molar-refractivity contribution >= 4 is 23.4 Å². The Morgan fingerprint density at radius 1 is 1.27 bits per heavy atom. The topological polar surface area (TPSA) is 61.9 Å². The van der Waals surface area contributed by atoms with Crippen LogP contribution < -0.4 is 5.32 Å². The molecule has 1 N–H and O–H groups in total. The molecule has 1 aliphatic rings. The van der Waals surface area contributed by atoms with Crippen molar-refractivity contribution in [2.24, 2.45) is 0 Å². The van der Waals surface area contributed by atoms with Gasteiger partial charge in [0.15, 0.2) is 0 Å². The van der Waals surface area contributed by atoms with Crippen LogP contribution in [-0.2, 0) is 20.9 Å². The van der Waals surface area contributed by atoms with Gasteiger partial charge in [-0.25, -0.2) is 0 Å². The van der Waals surface area contributed by atoms with Crippen molar-refractivity contribution in [3.05, 3.63) is 34.9 Å². The number of ether oxygens (including phenoxy) is 1. The highest BCUT2D eigenvalue weighted by Gasteiger charge is 2.25. The number of carbonyl (C=O) groups is 2. The van der Waals surface area contributed by atoms with E-state index in [4.69, 9.17) is 16.3 Å². The van der Waals surface area contributed by atoms with Gasteiger partial charge in [0.25, 0.3) is 0 Å². The third-order valence-electron chi connectivity index (χ3n) is 4.57. The molecule has 0 unspecified atom stereocenters. The molecule has 1 fully saturated rings. The first kappa shape index (κ1) is 20.7.